The number of allylic oxidation sites excluding steroid dienone is 10. The normalized spacial score (nSPS) is 12.5. The van der Waals surface area contributed by atoms with Gasteiger partial charge in [0, 0.05) is 19.3 Å². The zero-order chi connectivity index (χ0) is 47.9. The van der Waals surface area contributed by atoms with Gasteiger partial charge < -0.3 is 14.2 Å². The monoisotopic (exact) mass is 923 g/mol. The first-order chi connectivity index (χ1) is 32.5. The minimum atomic E-state index is -0.783. The Morgan fingerprint density at radius 3 is 0.924 bits per heavy atom. The average molecular weight is 924 g/mol. The van der Waals surface area contributed by atoms with E-state index in [0.29, 0.717) is 19.3 Å². The lowest BCUT2D eigenvalue weighted by Crippen LogP contribution is -2.30. The van der Waals surface area contributed by atoms with Crippen LogP contribution in [0.2, 0.25) is 0 Å². The largest absolute Gasteiger partial charge is 0.462 e. The molecule has 0 spiro atoms. The molecule has 0 amide bonds. The van der Waals surface area contributed by atoms with Crippen molar-refractivity contribution in [2.45, 2.75) is 290 Å². The summed E-state index contributed by atoms with van der Waals surface area (Å²) < 4.78 is 16.8. The number of esters is 3. The third-order valence-corrected chi connectivity index (χ3v) is 12.2. The van der Waals surface area contributed by atoms with E-state index in [9.17, 15) is 14.4 Å². The number of hydrogen-bond acceptors (Lipinski definition) is 6. The summed E-state index contributed by atoms with van der Waals surface area (Å²) in [5, 5.41) is 0. The van der Waals surface area contributed by atoms with E-state index in [1.807, 2.05) is 0 Å². The molecule has 0 unspecified atom stereocenters. The SMILES string of the molecule is CCCC/C=C\C/C=C\CCCCCCCC(=O)OC[C@H](COC(=O)CCCCCCCC/C=C\C/C=C\C/C=C\CCCCC)OC(=O)CCCCCCCCCCCCCCCCC. The zero-order valence-corrected chi connectivity index (χ0v) is 43.7. The van der Waals surface area contributed by atoms with E-state index < -0.39 is 6.10 Å². The Labute approximate surface area is 409 Å². The second kappa shape index (κ2) is 54.7. The Bertz CT molecular complexity index is 1200. The van der Waals surface area contributed by atoms with E-state index in [0.717, 1.165) is 96.3 Å². The van der Waals surface area contributed by atoms with E-state index >= 15 is 0 Å². The fourth-order valence-electron chi connectivity index (χ4n) is 7.94. The molecule has 0 rings (SSSR count). The predicted octanol–water partition coefficient (Wildman–Crippen LogP) is 18.8. The summed E-state index contributed by atoms with van der Waals surface area (Å²) in [4.78, 5) is 38.1. The van der Waals surface area contributed by atoms with Gasteiger partial charge in [0.05, 0.1) is 0 Å². The van der Waals surface area contributed by atoms with Crippen LogP contribution in [-0.4, -0.2) is 37.2 Å². The van der Waals surface area contributed by atoms with Crippen molar-refractivity contribution in [2.24, 2.45) is 0 Å². The van der Waals surface area contributed by atoms with Gasteiger partial charge in [0.1, 0.15) is 13.2 Å². The Morgan fingerprint density at radius 1 is 0.303 bits per heavy atom. The second-order valence-electron chi connectivity index (χ2n) is 18.8. The first kappa shape index (κ1) is 63.1. The third kappa shape index (κ3) is 52.1. The van der Waals surface area contributed by atoms with Crippen molar-refractivity contribution in [3.8, 4) is 0 Å². The average Bonchev–Trinajstić information content (AvgIpc) is 3.31. The fraction of sp³-hybridized carbons (Fsp3) is 0.783. The molecule has 6 heteroatoms. The molecule has 0 fully saturated rings. The lowest BCUT2D eigenvalue weighted by Gasteiger charge is -2.18. The van der Waals surface area contributed by atoms with Crippen LogP contribution in [0.25, 0.3) is 0 Å². The molecule has 0 aliphatic rings. The molecule has 0 saturated carbocycles. The third-order valence-electron chi connectivity index (χ3n) is 12.2. The van der Waals surface area contributed by atoms with Gasteiger partial charge in [-0.1, -0.05) is 242 Å². The summed E-state index contributed by atoms with van der Waals surface area (Å²) in [7, 11) is 0. The molecule has 0 saturated heterocycles. The lowest BCUT2D eigenvalue weighted by molar-refractivity contribution is -0.167. The Morgan fingerprint density at radius 2 is 0.561 bits per heavy atom. The van der Waals surface area contributed by atoms with Gasteiger partial charge in [0.25, 0.3) is 0 Å². The van der Waals surface area contributed by atoms with E-state index in [2.05, 4.69) is 81.5 Å². The molecule has 0 aromatic rings. The van der Waals surface area contributed by atoms with Gasteiger partial charge in [-0.15, -0.1) is 0 Å². The van der Waals surface area contributed by atoms with Crippen LogP contribution < -0.4 is 0 Å². The summed E-state index contributed by atoms with van der Waals surface area (Å²) in [5.41, 5.74) is 0. The van der Waals surface area contributed by atoms with Gasteiger partial charge in [-0.2, -0.15) is 0 Å². The van der Waals surface area contributed by atoms with Gasteiger partial charge in [-0.3, -0.25) is 14.4 Å². The van der Waals surface area contributed by atoms with E-state index in [-0.39, 0.29) is 31.1 Å². The molecule has 66 heavy (non-hydrogen) atoms. The van der Waals surface area contributed by atoms with Crippen molar-refractivity contribution in [2.75, 3.05) is 13.2 Å². The standard InChI is InChI=1S/C60H106O6/c1-4-7-10-13-16-19-22-25-28-29-30-31-33-35-38-41-44-47-50-53-59(62)65-56-57(55-64-58(61)52-49-46-43-40-37-34-27-24-21-18-15-12-9-6-3)66-60(63)54-51-48-45-42-39-36-32-26-23-20-17-14-11-8-5-2/h15-16,18-19,24-25,27-28,30-31,57H,4-14,17,20-23,26,29,32-56H2,1-3H3/b18-15-,19-16-,27-24-,28-25-,31-30-/t57-/m1/s1. The van der Waals surface area contributed by atoms with Crippen molar-refractivity contribution < 1.29 is 28.6 Å². The van der Waals surface area contributed by atoms with Gasteiger partial charge in [0.2, 0.25) is 0 Å². The second-order valence-corrected chi connectivity index (χ2v) is 18.8. The maximum Gasteiger partial charge on any atom is 0.306 e. The van der Waals surface area contributed by atoms with Crippen LogP contribution in [0.3, 0.4) is 0 Å². The molecule has 1 atom stereocenters. The molecule has 0 heterocycles. The first-order valence-corrected chi connectivity index (χ1v) is 28.3. The highest BCUT2D eigenvalue weighted by Crippen LogP contribution is 2.16. The van der Waals surface area contributed by atoms with E-state index in [1.54, 1.807) is 0 Å². The lowest BCUT2D eigenvalue weighted by atomic mass is 10.0. The number of hydrogen-bond donors (Lipinski definition) is 0. The number of rotatable bonds is 51. The molecule has 0 aromatic heterocycles. The molecule has 0 N–H and O–H groups in total. The van der Waals surface area contributed by atoms with Crippen molar-refractivity contribution in [1.29, 1.82) is 0 Å². The number of carbonyl (C=O) groups is 3. The van der Waals surface area contributed by atoms with Crippen molar-refractivity contribution >= 4 is 17.9 Å². The highest BCUT2D eigenvalue weighted by atomic mass is 16.6. The molecular formula is C60H106O6. The summed E-state index contributed by atoms with van der Waals surface area (Å²) in [5.74, 6) is -0.898. The van der Waals surface area contributed by atoms with E-state index in [1.165, 1.54) is 148 Å². The smallest absolute Gasteiger partial charge is 0.306 e. The maximum absolute atomic E-state index is 12.8. The van der Waals surface area contributed by atoms with Gasteiger partial charge in [0.15, 0.2) is 6.10 Å². The molecule has 0 radical (unpaired) electrons. The predicted molar refractivity (Wildman–Crippen MR) is 284 cm³/mol. The van der Waals surface area contributed by atoms with Crippen molar-refractivity contribution in [1.82, 2.24) is 0 Å². The quantitative estimate of drug-likeness (QED) is 0.0262. The van der Waals surface area contributed by atoms with E-state index in [4.69, 9.17) is 14.2 Å². The van der Waals surface area contributed by atoms with Crippen LogP contribution >= 0.6 is 0 Å². The van der Waals surface area contributed by atoms with Crippen LogP contribution in [0.15, 0.2) is 60.8 Å². The Kier molecular flexibility index (Phi) is 52.3. The van der Waals surface area contributed by atoms with Gasteiger partial charge >= 0.3 is 17.9 Å². The summed E-state index contributed by atoms with van der Waals surface area (Å²) in [6, 6.07) is 0. The molecule has 0 aliphatic carbocycles. The number of carbonyl (C=O) groups excluding carboxylic acids is 3. The van der Waals surface area contributed by atoms with Crippen LogP contribution in [0, 0.1) is 0 Å². The first-order valence-electron chi connectivity index (χ1n) is 28.3. The minimum absolute atomic E-state index is 0.0835. The molecule has 0 aromatic carbocycles. The summed E-state index contributed by atoms with van der Waals surface area (Å²) in [6.07, 6.45) is 67.7. The molecule has 0 bridgehead atoms. The minimum Gasteiger partial charge on any atom is -0.462 e. The van der Waals surface area contributed by atoms with Gasteiger partial charge in [-0.05, 0) is 83.5 Å². The highest BCUT2D eigenvalue weighted by molar-refractivity contribution is 5.71. The molecular weight excluding hydrogens is 817 g/mol. The summed E-state index contributed by atoms with van der Waals surface area (Å²) >= 11 is 0. The van der Waals surface area contributed by atoms with Crippen LogP contribution in [0.5, 0.6) is 0 Å². The molecule has 0 aliphatic heterocycles. The van der Waals surface area contributed by atoms with Crippen molar-refractivity contribution in [3.05, 3.63) is 60.8 Å². The van der Waals surface area contributed by atoms with Crippen LogP contribution in [0.4, 0.5) is 0 Å². The van der Waals surface area contributed by atoms with Crippen molar-refractivity contribution in [3.63, 3.8) is 0 Å². The number of unbranched alkanes of at least 4 members (excludes halogenated alkanes) is 30. The summed E-state index contributed by atoms with van der Waals surface area (Å²) in [6.45, 7) is 6.57. The zero-order valence-electron chi connectivity index (χ0n) is 43.7. The maximum atomic E-state index is 12.8. The van der Waals surface area contributed by atoms with Crippen LogP contribution in [0.1, 0.15) is 284 Å². The fourth-order valence-corrected chi connectivity index (χ4v) is 7.94. The molecule has 6 nitrogen and oxygen atoms in total. The topological polar surface area (TPSA) is 78.9 Å². The molecule has 382 valence electrons. The van der Waals surface area contributed by atoms with Gasteiger partial charge in [-0.25, -0.2) is 0 Å². The Hall–Kier alpha value is -2.89. The van der Waals surface area contributed by atoms with Crippen LogP contribution in [-0.2, 0) is 28.6 Å². The number of ether oxygens (including phenoxy) is 3. The highest BCUT2D eigenvalue weighted by Gasteiger charge is 2.19. The Balaban J connectivity index is 4.39.